The Morgan fingerprint density at radius 1 is 1.09 bits per heavy atom. The minimum Gasteiger partial charge on any atom is -0.466 e. The van der Waals surface area contributed by atoms with Crippen molar-refractivity contribution in [1.82, 2.24) is 4.98 Å². The van der Waals surface area contributed by atoms with E-state index in [0.717, 1.165) is 4.90 Å². The van der Waals surface area contributed by atoms with E-state index in [2.05, 4.69) is 15.6 Å². The quantitative estimate of drug-likeness (QED) is 0.334. The van der Waals surface area contributed by atoms with Crippen LogP contribution in [0.5, 0.6) is 0 Å². The Balaban J connectivity index is 1.50. The molecule has 2 amide bonds. The second kappa shape index (κ2) is 11.6. The number of halogens is 1. The lowest BCUT2D eigenvalue weighted by Gasteiger charge is -2.11. The van der Waals surface area contributed by atoms with Crippen LogP contribution < -0.4 is 10.6 Å². The number of anilines is 2. The molecule has 0 radical (unpaired) electrons. The molecule has 0 aliphatic heterocycles. The Labute approximate surface area is 198 Å². The molecule has 0 fully saturated rings. The first-order valence-corrected chi connectivity index (χ1v) is 11.8. The van der Waals surface area contributed by atoms with E-state index in [1.165, 1.54) is 47.4 Å². The molecule has 3 aromatic rings. The van der Waals surface area contributed by atoms with Gasteiger partial charge >= 0.3 is 5.97 Å². The Morgan fingerprint density at radius 3 is 2.45 bits per heavy atom. The highest BCUT2D eigenvalue weighted by Crippen LogP contribution is 2.26. The van der Waals surface area contributed by atoms with Gasteiger partial charge in [0.1, 0.15) is 5.82 Å². The summed E-state index contributed by atoms with van der Waals surface area (Å²) in [5, 5.41) is 7.24. The van der Waals surface area contributed by atoms with Gasteiger partial charge in [0.15, 0.2) is 5.13 Å². The summed E-state index contributed by atoms with van der Waals surface area (Å²) in [6, 6.07) is 12.4. The number of rotatable bonds is 9. The Hall–Kier alpha value is -3.24. The molecular weight excluding hydrogens is 465 g/mol. The highest BCUT2D eigenvalue weighted by atomic mass is 32.2. The van der Waals surface area contributed by atoms with E-state index in [1.807, 2.05) is 0 Å². The van der Waals surface area contributed by atoms with E-state index < -0.39 is 11.1 Å². The van der Waals surface area contributed by atoms with Gasteiger partial charge in [0.25, 0.3) is 5.91 Å². The van der Waals surface area contributed by atoms with Crippen molar-refractivity contribution in [3.63, 3.8) is 0 Å². The van der Waals surface area contributed by atoms with Gasteiger partial charge in [-0.1, -0.05) is 0 Å². The molecule has 2 N–H and O–H groups in total. The van der Waals surface area contributed by atoms with Crippen LogP contribution in [0.4, 0.5) is 15.2 Å². The van der Waals surface area contributed by atoms with Crippen molar-refractivity contribution in [1.29, 1.82) is 0 Å². The number of carbonyl (C=O) groups excluding carboxylic acids is 3. The number of thioether (sulfide) groups is 1. The third-order valence-electron chi connectivity index (χ3n) is 4.31. The molecule has 7 nitrogen and oxygen atoms in total. The topological polar surface area (TPSA) is 97.4 Å². The van der Waals surface area contributed by atoms with Crippen LogP contribution in [-0.2, 0) is 20.7 Å². The molecule has 0 aliphatic carbocycles. The average Bonchev–Trinajstić information content (AvgIpc) is 3.22. The lowest BCUT2D eigenvalue weighted by atomic mass is 10.2. The number of nitrogens with one attached hydrogen (secondary N) is 2. The van der Waals surface area contributed by atoms with Crippen LogP contribution >= 0.6 is 23.1 Å². The van der Waals surface area contributed by atoms with Crippen molar-refractivity contribution >= 4 is 51.7 Å². The number of hydrogen-bond acceptors (Lipinski definition) is 7. The highest BCUT2D eigenvalue weighted by Gasteiger charge is 2.17. The van der Waals surface area contributed by atoms with Gasteiger partial charge in [0, 0.05) is 21.5 Å². The number of aromatic nitrogens is 1. The van der Waals surface area contributed by atoms with E-state index in [1.54, 1.807) is 43.5 Å². The van der Waals surface area contributed by atoms with Crippen LogP contribution in [0.15, 0.2) is 58.8 Å². The first-order chi connectivity index (χ1) is 15.8. The minimum absolute atomic E-state index is 0.0640. The number of amides is 2. The molecule has 0 spiro atoms. The molecule has 10 heteroatoms. The molecule has 0 saturated heterocycles. The first-order valence-electron chi connectivity index (χ1n) is 10.1. The maximum atomic E-state index is 13.0. The predicted octanol–water partition coefficient (Wildman–Crippen LogP) is 4.76. The number of ether oxygens (including phenoxy) is 1. The zero-order valence-electron chi connectivity index (χ0n) is 18.0. The number of nitrogens with zero attached hydrogens (tertiary/aromatic N) is 1. The van der Waals surface area contributed by atoms with Gasteiger partial charge in [-0.25, -0.2) is 9.37 Å². The number of esters is 1. The van der Waals surface area contributed by atoms with Crippen LogP contribution in [0.2, 0.25) is 0 Å². The molecule has 172 valence electrons. The van der Waals surface area contributed by atoms with Gasteiger partial charge in [0.2, 0.25) is 5.91 Å². The van der Waals surface area contributed by atoms with Crippen molar-refractivity contribution in [3.05, 3.63) is 71.0 Å². The number of benzene rings is 2. The molecule has 0 aliphatic rings. The summed E-state index contributed by atoms with van der Waals surface area (Å²) in [5.74, 6) is -1.32. The molecule has 0 saturated carbocycles. The third-order valence-corrected chi connectivity index (χ3v) is 6.23. The Morgan fingerprint density at radius 2 is 1.79 bits per heavy atom. The molecule has 33 heavy (non-hydrogen) atoms. The normalized spacial score (nSPS) is 11.5. The van der Waals surface area contributed by atoms with Gasteiger partial charge in [-0.2, -0.15) is 0 Å². The minimum atomic E-state index is -0.405. The second-order valence-corrected chi connectivity index (χ2v) is 9.13. The van der Waals surface area contributed by atoms with E-state index in [-0.39, 0.29) is 24.2 Å². The van der Waals surface area contributed by atoms with Gasteiger partial charge < -0.3 is 15.4 Å². The molecule has 1 heterocycles. The second-order valence-electron chi connectivity index (χ2n) is 6.86. The summed E-state index contributed by atoms with van der Waals surface area (Å²) >= 11 is 2.60. The number of carbonyl (C=O) groups is 3. The standard InChI is InChI=1S/C23H22FN3O4S2/c1-3-31-20(28)12-18-13-32-23(26-18)27-21(29)14(2)33-19-10-8-17(9-11-19)25-22(30)15-4-6-16(24)7-5-15/h4-11,13-14H,3,12H2,1-2H3,(H,25,30)(H,26,27,29). The Bertz CT molecular complexity index is 1120. The zero-order valence-corrected chi connectivity index (χ0v) is 19.6. The number of hydrogen-bond donors (Lipinski definition) is 2. The molecule has 2 aromatic carbocycles. The summed E-state index contributed by atoms with van der Waals surface area (Å²) < 4.78 is 17.9. The molecule has 1 atom stereocenters. The monoisotopic (exact) mass is 487 g/mol. The molecule has 0 bridgehead atoms. The van der Waals surface area contributed by atoms with E-state index in [9.17, 15) is 18.8 Å². The number of thiazole rings is 1. The van der Waals surface area contributed by atoms with Gasteiger partial charge in [0.05, 0.1) is 24.0 Å². The van der Waals surface area contributed by atoms with Gasteiger partial charge in [-0.15, -0.1) is 23.1 Å². The van der Waals surface area contributed by atoms with Crippen LogP contribution in [0.3, 0.4) is 0 Å². The zero-order chi connectivity index (χ0) is 23.8. The fraction of sp³-hybridized carbons (Fsp3) is 0.217. The maximum absolute atomic E-state index is 13.0. The van der Waals surface area contributed by atoms with Crippen molar-refractivity contribution in [2.24, 2.45) is 0 Å². The summed E-state index contributed by atoms with van der Waals surface area (Å²) in [6.07, 6.45) is 0.0640. The summed E-state index contributed by atoms with van der Waals surface area (Å²) in [4.78, 5) is 41.4. The highest BCUT2D eigenvalue weighted by molar-refractivity contribution is 8.00. The molecule has 1 unspecified atom stereocenters. The van der Waals surface area contributed by atoms with Gasteiger partial charge in [-0.3, -0.25) is 14.4 Å². The maximum Gasteiger partial charge on any atom is 0.311 e. The lowest BCUT2D eigenvalue weighted by Crippen LogP contribution is -2.22. The van der Waals surface area contributed by atoms with Crippen molar-refractivity contribution in [2.45, 2.75) is 30.4 Å². The predicted molar refractivity (Wildman–Crippen MR) is 127 cm³/mol. The summed E-state index contributed by atoms with van der Waals surface area (Å²) in [7, 11) is 0. The molecular formula is C23H22FN3O4S2. The van der Waals surface area contributed by atoms with E-state index in [0.29, 0.717) is 28.7 Å². The fourth-order valence-corrected chi connectivity index (χ4v) is 4.27. The van der Waals surface area contributed by atoms with Crippen LogP contribution in [0, 0.1) is 5.82 Å². The van der Waals surface area contributed by atoms with E-state index >= 15 is 0 Å². The van der Waals surface area contributed by atoms with Crippen molar-refractivity contribution in [2.75, 3.05) is 17.2 Å². The van der Waals surface area contributed by atoms with E-state index in [4.69, 9.17) is 4.74 Å². The van der Waals surface area contributed by atoms with Crippen molar-refractivity contribution in [3.8, 4) is 0 Å². The first kappa shape index (κ1) is 24.4. The average molecular weight is 488 g/mol. The summed E-state index contributed by atoms with van der Waals surface area (Å²) in [6.45, 7) is 3.82. The van der Waals surface area contributed by atoms with Gasteiger partial charge in [-0.05, 0) is 62.4 Å². The SMILES string of the molecule is CCOC(=O)Cc1csc(NC(=O)C(C)Sc2ccc(NC(=O)c3ccc(F)cc3)cc2)n1. The van der Waals surface area contributed by atoms with Crippen molar-refractivity contribution < 1.29 is 23.5 Å². The molecule has 1 aromatic heterocycles. The largest absolute Gasteiger partial charge is 0.466 e. The molecule has 3 rings (SSSR count). The van der Waals surface area contributed by atoms with Crippen LogP contribution in [-0.4, -0.2) is 34.6 Å². The lowest BCUT2D eigenvalue weighted by molar-refractivity contribution is -0.142. The Kier molecular flexibility index (Phi) is 8.56. The van der Waals surface area contributed by atoms with Crippen LogP contribution in [0.1, 0.15) is 29.9 Å². The fourth-order valence-electron chi connectivity index (χ4n) is 2.69. The third kappa shape index (κ3) is 7.40. The smallest absolute Gasteiger partial charge is 0.311 e. The summed E-state index contributed by atoms with van der Waals surface area (Å²) in [5.41, 5.74) is 1.49. The van der Waals surface area contributed by atoms with Crippen LogP contribution in [0.25, 0.3) is 0 Å².